The standard InChI is InChI=1S/C22H23N3O7S/c26-21-13-32-18-6-4-16(11-17(18)24-21)33(28,29)25-7-1-2-14(12-25)22(27)23-15-3-5-19-20(10-15)31-9-8-30-19/h3-6,10-11,14H,1-2,7-9,12-13H2,(H,23,27)(H,24,26). The molecule has 2 aromatic carbocycles. The van der Waals surface area contributed by atoms with Crippen molar-refractivity contribution in [3.63, 3.8) is 0 Å². The molecule has 1 fully saturated rings. The minimum absolute atomic E-state index is 0.0416. The number of amides is 2. The zero-order chi connectivity index (χ0) is 23.0. The number of hydrogen-bond donors (Lipinski definition) is 2. The van der Waals surface area contributed by atoms with Gasteiger partial charge in [0.25, 0.3) is 5.91 Å². The molecule has 2 aromatic rings. The maximum Gasteiger partial charge on any atom is 0.262 e. The summed E-state index contributed by atoms with van der Waals surface area (Å²) in [5, 5.41) is 5.48. The maximum absolute atomic E-state index is 13.3. The average molecular weight is 474 g/mol. The second-order valence-electron chi connectivity index (χ2n) is 8.04. The molecule has 3 aliphatic heterocycles. The van der Waals surface area contributed by atoms with E-state index in [4.69, 9.17) is 14.2 Å². The Morgan fingerprint density at radius 2 is 1.82 bits per heavy atom. The van der Waals surface area contributed by atoms with Gasteiger partial charge in [0.2, 0.25) is 15.9 Å². The first-order chi connectivity index (χ1) is 15.9. The van der Waals surface area contributed by atoms with Gasteiger partial charge in [-0.05, 0) is 43.2 Å². The molecule has 33 heavy (non-hydrogen) atoms. The Kier molecular flexibility index (Phi) is 5.59. The molecule has 2 amide bonds. The van der Waals surface area contributed by atoms with E-state index in [1.54, 1.807) is 18.2 Å². The van der Waals surface area contributed by atoms with Crippen molar-refractivity contribution in [2.45, 2.75) is 17.7 Å². The first kappa shape index (κ1) is 21.5. The molecule has 11 heteroatoms. The van der Waals surface area contributed by atoms with E-state index in [2.05, 4.69) is 10.6 Å². The molecule has 0 radical (unpaired) electrons. The van der Waals surface area contributed by atoms with Gasteiger partial charge in [-0.2, -0.15) is 4.31 Å². The topological polar surface area (TPSA) is 123 Å². The van der Waals surface area contributed by atoms with Crippen molar-refractivity contribution in [3.8, 4) is 17.2 Å². The number of nitrogens with one attached hydrogen (secondary N) is 2. The van der Waals surface area contributed by atoms with Crippen molar-refractivity contribution in [1.29, 1.82) is 0 Å². The van der Waals surface area contributed by atoms with Gasteiger partial charge >= 0.3 is 0 Å². The summed E-state index contributed by atoms with van der Waals surface area (Å²) in [5.41, 5.74) is 0.881. The predicted octanol–water partition coefficient (Wildman–Crippen LogP) is 1.83. The molecule has 1 saturated heterocycles. The van der Waals surface area contributed by atoms with Crippen LogP contribution >= 0.6 is 0 Å². The Bertz CT molecular complexity index is 1210. The Morgan fingerprint density at radius 1 is 1.03 bits per heavy atom. The molecule has 0 aromatic heterocycles. The molecule has 0 spiro atoms. The number of hydrogen-bond acceptors (Lipinski definition) is 7. The van der Waals surface area contributed by atoms with Crippen molar-refractivity contribution in [2.24, 2.45) is 5.92 Å². The molecular weight excluding hydrogens is 450 g/mol. The van der Waals surface area contributed by atoms with E-state index in [9.17, 15) is 18.0 Å². The van der Waals surface area contributed by atoms with Crippen LogP contribution in [0.15, 0.2) is 41.3 Å². The van der Waals surface area contributed by atoms with Crippen LogP contribution in [0.3, 0.4) is 0 Å². The highest BCUT2D eigenvalue weighted by Crippen LogP contribution is 2.34. The van der Waals surface area contributed by atoms with Crippen molar-refractivity contribution in [1.82, 2.24) is 4.31 Å². The number of sulfonamides is 1. The Balaban J connectivity index is 1.29. The van der Waals surface area contributed by atoms with E-state index in [0.717, 1.165) is 0 Å². The van der Waals surface area contributed by atoms with Gasteiger partial charge in [0, 0.05) is 24.8 Å². The van der Waals surface area contributed by atoms with Crippen molar-refractivity contribution in [2.75, 3.05) is 43.5 Å². The lowest BCUT2D eigenvalue weighted by Gasteiger charge is -2.31. The summed E-state index contributed by atoms with van der Waals surface area (Å²) in [6.07, 6.45) is 1.14. The number of carbonyl (C=O) groups excluding carboxylic acids is 2. The van der Waals surface area contributed by atoms with E-state index in [0.29, 0.717) is 61.2 Å². The normalized spacial score (nSPS) is 20.2. The average Bonchev–Trinajstić information content (AvgIpc) is 2.83. The number of ether oxygens (including phenoxy) is 3. The fourth-order valence-electron chi connectivity index (χ4n) is 4.11. The van der Waals surface area contributed by atoms with Gasteiger partial charge in [-0.25, -0.2) is 8.42 Å². The molecule has 0 saturated carbocycles. The van der Waals surface area contributed by atoms with Crippen LogP contribution in [0.2, 0.25) is 0 Å². The zero-order valence-electron chi connectivity index (χ0n) is 17.7. The second-order valence-corrected chi connectivity index (χ2v) is 9.98. The molecule has 3 aliphatic rings. The van der Waals surface area contributed by atoms with E-state index < -0.39 is 15.9 Å². The third-order valence-corrected chi connectivity index (χ3v) is 7.65. The summed E-state index contributed by atoms with van der Waals surface area (Å²) in [4.78, 5) is 24.5. The Morgan fingerprint density at radius 3 is 2.67 bits per heavy atom. The lowest BCUT2D eigenvalue weighted by molar-refractivity contribution is -0.121. The van der Waals surface area contributed by atoms with Crippen LogP contribution in [0, 0.1) is 5.92 Å². The monoisotopic (exact) mass is 473 g/mol. The molecule has 0 aliphatic carbocycles. The summed E-state index contributed by atoms with van der Waals surface area (Å²) >= 11 is 0. The highest BCUT2D eigenvalue weighted by molar-refractivity contribution is 7.89. The summed E-state index contributed by atoms with van der Waals surface area (Å²) in [6.45, 7) is 1.20. The van der Waals surface area contributed by atoms with Gasteiger partial charge in [0.15, 0.2) is 18.1 Å². The Hall–Kier alpha value is -3.31. The van der Waals surface area contributed by atoms with Gasteiger partial charge in [-0.3, -0.25) is 9.59 Å². The number of nitrogens with zero attached hydrogens (tertiary/aromatic N) is 1. The molecule has 1 atom stereocenters. The van der Waals surface area contributed by atoms with Gasteiger partial charge in [0.1, 0.15) is 19.0 Å². The minimum atomic E-state index is -3.85. The number of benzene rings is 2. The van der Waals surface area contributed by atoms with Crippen molar-refractivity contribution >= 4 is 33.2 Å². The van der Waals surface area contributed by atoms with E-state index in [1.165, 1.54) is 22.5 Å². The van der Waals surface area contributed by atoms with Crippen LogP contribution in [0.5, 0.6) is 17.2 Å². The van der Waals surface area contributed by atoms with Gasteiger partial charge in [0.05, 0.1) is 16.5 Å². The first-order valence-electron chi connectivity index (χ1n) is 10.7. The van der Waals surface area contributed by atoms with Gasteiger partial charge < -0.3 is 24.8 Å². The van der Waals surface area contributed by atoms with E-state index in [-0.39, 0.29) is 29.9 Å². The summed E-state index contributed by atoms with van der Waals surface area (Å²) in [5.74, 6) is 0.519. The zero-order valence-corrected chi connectivity index (χ0v) is 18.5. The molecule has 10 nitrogen and oxygen atoms in total. The molecule has 1 unspecified atom stereocenters. The van der Waals surface area contributed by atoms with Crippen LogP contribution in [-0.2, 0) is 19.6 Å². The second kappa shape index (κ2) is 8.56. The molecule has 174 valence electrons. The van der Waals surface area contributed by atoms with Crippen LogP contribution in [0.4, 0.5) is 11.4 Å². The smallest absolute Gasteiger partial charge is 0.262 e. The quantitative estimate of drug-likeness (QED) is 0.694. The van der Waals surface area contributed by atoms with E-state index in [1.807, 2.05) is 0 Å². The van der Waals surface area contributed by atoms with Crippen molar-refractivity contribution < 1.29 is 32.2 Å². The number of anilines is 2. The molecule has 5 rings (SSSR count). The minimum Gasteiger partial charge on any atom is -0.486 e. The van der Waals surface area contributed by atoms with Crippen LogP contribution in [0.25, 0.3) is 0 Å². The van der Waals surface area contributed by atoms with Crippen molar-refractivity contribution in [3.05, 3.63) is 36.4 Å². The lowest BCUT2D eigenvalue weighted by Crippen LogP contribution is -2.43. The molecule has 2 N–H and O–H groups in total. The SMILES string of the molecule is O=C1COc2ccc(S(=O)(=O)N3CCCC(C(=O)Nc4ccc5c(c4)OCCO5)C3)cc2N1. The number of fused-ring (bicyclic) bond motifs is 2. The number of carbonyl (C=O) groups is 2. The third kappa shape index (κ3) is 4.33. The first-order valence-corrected chi connectivity index (χ1v) is 12.1. The lowest BCUT2D eigenvalue weighted by atomic mass is 9.98. The largest absolute Gasteiger partial charge is 0.486 e. The number of piperidine rings is 1. The van der Waals surface area contributed by atoms with E-state index >= 15 is 0 Å². The van der Waals surface area contributed by atoms with Crippen LogP contribution in [-0.4, -0.2) is 57.4 Å². The predicted molar refractivity (Wildman–Crippen MR) is 118 cm³/mol. The summed E-state index contributed by atoms with van der Waals surface area (Å²) < 4.78 is 44.2. The van der Waals surface area contributed by atoms with Gasteiger partial charge in [-0.1, -0.05) is 0 Å². The number of rotatable bonds is 4. The fraction of sp³-hybridized carbons (Fsp3) is 0.364. The van der Waals surface area contributed by atoms with Crippen LogP contribution in [0.1, 0.15) is 12.8 Å². The molecule has 0 bridgehead atoms. The maximum atomic E-state index is 13.3. The summed E-state index contributed by atoms with van der Waals surface area (Å²) in [6, 6.07) is 9.53. The summed E-state index contributed by atoms with van der Waals surface area (Å²) in [7, 11) is -3.85. The van der Waals surface area contributed by atoms with Gasteiger partial charge in [-0.15, -0.1) is 0 Å². The molecule has 3 heterocycles. The highest BCUT2D eigenvalue weighted by Gasteiger charge is 2.34. The Labute approximate surface area is 190 Å². The fourth-order valence-corrected chi connectivity index (χ4v) is 5.66. The highest BCUT2D eigenvalue weighted by atomic mass is 32.2. The van der Waals surface area contributed by atoms with Crippen LogP contribution < -0.4 is 24.8 Å². The third-order valence-electron chi connectivity index (χ3n) is 5.79. The molecular formula is C22H23N3O7S.